The van der Waals surface area contributed by atoms with Crippen LogP contribution < -0.4 is 5.32 Å². The van der Waals surface area contributed by atoms with Gasteiger partial charge in [-0.15, -0.1) is 0 Å². The zero-order valence-electron chi connectivity index (χ0n) is 13.3. The van der Waals surface area contributed by atoms with E-state index in [4.69, 9.17) is 0 Å². The van der Waals surface area contributed by atoms with E-state index >= 15 is 0 Å². The van der Waals surface area contributed by atoms with Crippen molar-refractivity contribution in [3.63, 3.8) is 0 Å². The third-order valence-electron chi connectivity index (χ3n) is 4.35. The summed E-state index contributed by atoms with van der Waals surface area (Å²) in [5.41, 5.74) is 0. The molecule has 21 heavy (non-hydrogen) atoms. The molecule has 0 unspecified atom stereocenters. The zero-order valence-corrected chi connectivity index (χ0v) is 13.3. The molecule has 2 atom stereocenters. The highest BCUT2D eigenvalue weighted by Gasteiger charge is 2.32. The second kappa shape index (κ2) is 7.62. The molecule has 1 heterocycles. The second-order valence-electron chi connectivity index (χ2n) is 6.68. The molecule has 4 nitrogen and oxygen atoms in total. The lowest BCUT2D eigenvalue weighted by molar-refractivity contribution is -0.143. The van der Waals surface area contributed by atoms with Crippen molar-refractivity contribution in [1.82, 2.24) is 10.2 Å². The van der Waals surface area contributed by atoms with Crippen molar-refractivity contribution in [2.45, 2.75) is 70.9 Å². The highest BCUT2D eigenvalue weighted by atomic mass is 16.2. The first kappa shape index (κ1) is 16.1. The fraction of sp³-hybridized carbons (Fsp3) is 0.765. The minimum Gasteiger partial charge on any atom is -0.351 e. The van der Waals surface area contributed by atoms with Crippen LogP contribution in [0.2, 0.25) is 0 Å². The van der Waals surface area contributed by atoms with Gasteiger partial charge in [-0.25, -0.2) is 0 Å². The molecule has 1 fully saturated rings. The summed E-state index contributed by atoms with van der Waals surface area (Å²) in [6.07, 6.45) is 10.6. The fourth-order valence-electron chi connectivity index (χ4n) is 3.20. The number of hydrogen-bond acceptors (Lipinski definition) is 2. The predicted octanol–water partition coefficient (Wildman–Crippen LogP) is 2.64. The molecule has 2 aliphatic rings. The van der Waals surface area contributed by atoms with Gasteiger partial charge in [0.15, 0.2) is 0 Å². The Kier molecular flexibility index (Phi) is 5.83. The number of amides is 2. The Morgan fingerprint density at radius 1 is 1.38 bits per heavy atom. The number of hydrogen-bond donors (Lipinski definition) is 1. The van der Waals surface area contributed by atoms with Crippen molar-refractivity contribution >= 4 is 11.8 Å². The van der Waals surface area contributed by atoms with Crippen molar-refractivity contribution < 1.29 is 9.59 Å². The lowest BCUT2D eigenvalue weighted by Crippen LogP contribution is -2.53. The molecule has 2 rings (SSSR count). The van der Waals surface area contributed by atoms with Crippen LogP contribution in [0.5, 0.6) is 0 Å². The van der Waals surface area contributed by atoms with Crippen LogP contribution in [0, 0.1) is 5.92 Å². The van der Waals surface area contributed by atoms with Crippen molar-refractivity contribution in [2.24, 2.45) is 5.92 Å². The summed E-state index contributed by atoms with van der Waals surface area (Å²) >= 11 is 0. The molecule has 0 spiro atoms. The van der Waals surface area contributed by atoms with Crippen LogP contribution in [0.1, 0.15) is 58.8 Å². The average Bonchev–Trinajstić information content (AvgIpc) is 2.46. The lowest BCUT2D eigenvalue weighted by atomic mass is 9.97. The van der Waals surface area contributed by atoms with E-state index in [1.54, 1.807) is 0 Å². The van der Waals surface area contributed by atoms with Gasteiger partial charge < -0.3 is 10.2 Å². The summed E-state index contributed by atoms with van der Waals surface area (Å²) in [6, 6.07) is -0.0549. The van der Waals surface area contributed by atoms with Crippen LogP contribution in [0.15, 0.2) is 12.2 Å². The van der Waals surface area contributed by atoms with Gasteiger partial charge in [0.1, 0.15) is 6.04 Å². The van der Waals surface area contributed by atoms with Gasteiger partial charge in [-0.05, 0) is 44.4 Å². The van der Waals surface area contributed by atoms with Gasteiger partial charge in [-0.1, -0.05) is 26.0 Å². The van der Waals surface area contributed by atoms with Gasteiger partial charge >= 0.3 is 0 Å². The topological polar surface area (TPSA) is 49.4 Å². The smallest absolute Gasteiger partial charge is 0.243 e. The molecule has 2 amide bonds. The quantitative estimate of drug-likeness (QED) is 0.792. The maximum absolute atomic E-state index is 12.7. The minimum absolute atomic E-state index is 0.0410. The maximum Gasteiger partial charge on any atom is 0.243 e. The van der Waals surface area contributed by atoms with E-state index in [0.717, 1.165) is 45.1 Å². The third kappa shape index (κ3) is 4.58. The van der Waals surface area contributed by atoms with Crippen LogP contribution in [-0.4, -0.2) is 35.3 Å². The highest BCUT2D eigenvalue weighted by Crippen LogP contribution is 2.20. The molecule has 0 aromatic carbocycles. The largest absolute Gasteiger partial charge is 0.351 e. The molecule has 1 N–H and O–H groups in total. The van der Waals surface area contributed by atoms with E-state index in [1.807, 2.05) is 4.90 Å². The van der Waals surface area contributed by atoms with Crippen LogP contribution in [0.4, 0.5) is 0 Å². The van der Waals surface area contributed by atoms with Gasteiger partial charge in [-0.2, -0.15) is 0 Å². The van der Waals surface area contributed by atoms with E-state index < -0.39 is 0 Å². The van der Waals surface area contributed by atoms with Crippen LogP contribution in [-0.2, 0) is 9.59 Å². The number of nitrogens with one attached hydrogen (secondary N) is 1. The molecule has 0 aromatic rings. The number of carbonyl (C=O) groups excluding carboxylic acids is 2. The summed E-state index contributed by atoms with van der Waals surface area (Å²) in [5.74, 6) is 0.589. The lowest BCUT2D eigenvalue weighted by Gasteiger charge is -2.35. The van der Waals surface area contributed by atoms with Crippen molar-refractivity contribution in [3.05, 3.63) is 12.2 Å². The normalized spacial score (nSPS) is 24.2. The molecule has 4 heteroatoms. The summed E-state index contributed by atoms with van der Waals surface area (Å²) in [4.78, 5) is 26.6. The number of nitrogens with zero attached hydrogens (tertiary/aromatic N) is 1. The molecule has 118 valence electrons. The molecule has 1 aliphatic heterocycles. The van der Waals surface area contributed by atoms with Gasteiger partial charge in [0.05, 0.1) is 0 Å². The molecule has 1 saturated heterocycles. The molecular formula is C17H28N2O2. The fourth-order valence-corrected chi connectivity index (χ4v) is 3.20. The number of carbonyl (C=O) groups is 2. The molecule has 0 aromatic heterocycles. The molecular weight excluding hydrogens is 264 g/mol. The summed E-state index contributed by atoms with van der Waals surface area (Å²) in [5, 5.41) is 3.16. The molecule has 0 saturated carbocycles. The van der Waals surface area contributed by atoms with Gasteiger partial charge in [0, 0.05) is 19.0 Å². The van der Waals surface area contributed by atoms with Crippen LogP contribution >= 0.6 is 0 Å². The number of allylic oxidation sites excluding steroid dienone is 1. The van der Waals surface area contributed by atoms with Gasteiger partial charge in [0.2, 0.25) is 11.8 Å². The Morgan fingerprint density at radius 3 is 2.81 bits per heavy atom. The first-order chi connectivity index (χ1) is 10.1. The van der Waals surface area contributed by atoms with Crippen molar-refractivity contribution in [3.8, 4) is 0 Å². The van der Waals surface area contributed by atoms with Crippen molar-refractivity contribution in [1.29, 1.82) is 0 Å². The SMILES string of the molecule is CC(C)C[C@@H](C(=O)N[C@H]1CC=CCC1)N1CCCCC1=O. The Hall–Kier alpha value is -1.32. The first-order valence-corrected chi connectivity index (χ1v) is 8.32. The summed E-state index contributed by atoms with van der Waals surface area (Å²) in [6.45, 7) is 4.95. The van der Waals surface area contributed by atoms with E-state index in [1.165, 1.54) is 0 Å². The third-order valence-corrected chi connectivity index (χ3v) is 4.35. The van der Waals surface area contributed by atoms with Crippen LogP contribution in [0.3, 0.4) is 0 Å². The van der Waals surface area contributed by atoms with Gasteiger partial charge in [0.25, 0.3) is 0 Å². The molecule has 1 aliphatic carbocycles. The van der Waals surface area contributed by atoms with Crippen molar-refractivity contribution in [2.75, 3.05) is 6.54 Å². The Balaban J connectivity index is 2.01. The second-order valence-corrected chi connectivity index (χ2v) is 6.68. The Labute approximate surface area is 128 Å². The maximum atomic E-state index is 12.7. The number of rotatable bonds is 5. The average molecular weight is 292 g/mol. The van der Waals surface area contributed by atoms with E-state index in [0.29, 0.717) is 12.3 Å². The molecule has 0 bridgehead atoms. The number of piperidine rings is 1. The van der Waals surface area contributed by atoms with E-state index in [9.17, 15) is 9.59 Å². The van der Waals surface area contributed by atoms with E-state index in [2.05, 4.69) is 31.3 Å². The standard InChI is InChI=1S/C17H28N2O2/c1-13(2)12-15(19-11-7-6-10-16(19)20)17(21)18-14-8-4-3-5-9-14/h3-4,13-15H,5-12H2,1-2H3,(H,18,21)/t14-,15-/m0/s1. The minimum atomic E-state index is -0.288. The van der Waals surface area contributed by atoms with Crippen LogP contribution in [0.25, 0.3) is 0 Å². The van der Waals surface area contributed by atoms with Gasteiger partial charge in [-0.3, -0.25) is 9.59 Å². The Bertz CT molecular complexity index is 404. The van der Waals surface area contributed by atoms with E-state index in [-0.39, 0.29) is 23.9 Å². The monoisotopic (exact) mass is 292 g/mol. The zero-order chi connectivity index (χ0) is 15.2. The molecule has 0 radical (unpaired) electrons. The summed E-state index contributed by atoms with van der Waals surface area (Å²) < 4.78 is 0. The summed E-state index contributed by atoms with van der Waals surface area (Å²) in [7, 11) is 0. The first-order valence-electron chi connectivity index (χ1n) is 8.32. The predicted molar refractivity (Wildman–Crippen MR) is 83.7 cm³/mol. The number of likely N-dealkylation sites (tertiary alicyclic amines) is 1. The highest BCUT2D eigenvalue weighted by molar-refractivity contribution is 5.88. The Morgan fingerprint density at radius 2 is 2.19 bits per heavy atom.